The van der Waals surface area contributed by atoms with Crippen LogP contribution < -0.4 is 4.90 Å². The third-order valence-corrected chi connectivity index (χ3v) is 5.06. The van der Waals surface area contributed by atoms with Crippen molar-refractivity contribution < 1.29 is 14.6 Å². The van der Waals surface area contributed by atoms with E-state index in [2.05, 4.69) is 15.5 Å². The van der Waals surface area contributed by atoms with Crippen molar-refractivity contribution in [2.45, 2.75) is 19.4 Å². The first-order valence-corrected chi connectivity index (χ1v) is 9.21. The van der Waals surface area contributed by atoms with Gasteiger partial charge in [-0.05, 0) is 48.7 Å². The quantitative estimate of drug-likeness (QED) is 0.680. The summed E-state index contributed by atoms with van der Waals surface area (Å²) in [4.78, 5) is 19.0. The Bertz CT molecular complexity index is 980. The molecular formula is C21H23N3O3. The Morgan fingerprint density at radius 1 is 1.26 bits per heavy atom. The highest BCUT2D eigenvalue weighted by Crippen LogP contribution is 2.35. The van der Waals surface area contributed by atoms with Crippen molar-refractivity contribution in [3.05, 3.63) is 53.6 Å². The Morgan fingerprint density at radius 3 is 2.93 bits per heavy atom. The first-order valence-electron chi connectivity index (χ1n) is 9.21. The number of ether oxygens (including phenoxy) is 1. The van der Waals surface area contributed by atoms with E-state index in [4.69, 9.17) is 14.8 Å². The Morgan fingerprint density at radius 2 is 2.11 bits per heavy atom. The number of benzene rings is 2. The third-order valence-electron chi connectivity index (χ3n) is 5.06. The van der Waals surface area contributed by atoms with E-state index >= 15 is 0 Å². The molecule has 140 valence electrons. The topological polar surface area (TPSA) is 67.6 Å². The molecule has 0 unspecified atom stereocenters. The number of carbonyl (C=O) groups is 1. The lowest BCUT2D eigenvalue weighted by Gasteiger charge is -2.31. The number of fused-ring (bicyclic) bond motifs is 2. The van der Waals surface area contributed by atoms with Gasteiger partial charge in [0.25, 0.3) is 0 Å². The maximum absolute atomic E-state index is 11.8. The molecule has 0 fully saturated rings. The van der Waals surface area contributed by atoms with Crippen LogP contribution in [0.3, 0.4) is 0 Å². The number of aromatic nitrogens is 2. The van der Waals surface area contributed by atoms with Crippen LogP contribution in [0.15, 0.2) is 42.5 Å². The molecule has 0 atom stereocenters. The second-order valence-corrected chi connectivity index (χ2v) is 6.72. The molecule has 1 aromatic heterocycles. The van der Waals surface area contributed by atoms with Gasteiger partial charge in [0.2, 0.25) is 5.95 Å². The summed E-state index contributed by atoms with van der Waals surface area (Å²) >= 11 is 0. The molecule has 2 aromatic carbocycles. The van der Waals surface area contributed by atoms with Gasteiger partial charge in [-0.25, -0.2) is 4.98 Å². The summed E-state index contributed by atoms with van der Waals surface area (Å²) in [6.07, 6.45) is 1.90. The predicted molar refractivity (Wildman–Crippen MR) is 105 cm³/mol. The molecule has 0 saturated carbocycles. The SMILES string of the molecule is COCCn1c(N2CCCc3cc(C(=O)CO)ccc32)nc2ccccc21. The maximum Gasteiger partial charge on any atom is 0.211 e. The van der Waals surface area contributed by atoms with E-state index in [1.807, 2.05) is 30.3 Å². The largest absolute Gasteiger partial charge is 0.388 e. The van der Waals surface area contributed by atoms with Gasteiger partial charge < -0.3 is 19.3 Å². The van der Waals surface area contributed by atoms with Crippen molar-refractivity contribution in [3.8, 4) is 0 Å². The molecule has 0 aliphatic carbocycles. The molecule has 2 heterocycles. The van der Waals surface area contributed by atoms with E-state index in [-0.39, 0.29) is 5.78 Å². The first kappa shape index (κ1) is 17.7. The van der Waals surface area contributed by atoms with Gasteiger partial charge in [0, 0.05) is 31.5 Å². The molecule has 1 aliphatic rings. The van der Waals surface area contributed by atoms with Gasteiger partial charge in [0.1, 0.15) is 6.61 Å². The van der Waals surface area contributed by atoms with E-state index < -0.39 is 6.61 Å². The number of rotatable bonds is 6. The summed E-state index contributed by atoms with van der Waals surface area (Å²) < 4.78 is 7.50. The van der Waals surface area contributed by atoms with Gasteiger partial charge in [-0.15, -0.1) is 0 Å². The summed E-state index contributed by atoms with van der Waals surface area (Å²) in [6.45, 7) is 1.74. The van der Waals surface area contributed by atoms with E-state index in [0.29, 0.717) is 12.2 Å². The molecule has 3 aromatic rings. The van der Waals surface area contributed by atoms with Crippen molar-refractivity contribution in [1.29, 1.82) is 0 Å². The monoisotopic (exact) mass is 365 g/mol. The zero-order chi connectivity index (χ0) is 18.8. The molecule has 4 rings (SSSR count). The Hall–Kier alpha value is -2.70. The Kier molecular flexibility index (Phi) is 4.92. The lowest BCUT2D eigenvalue weighted by atomic mass is 9.98. The minimum atomic E-state index is -0.463. The van der Waals surface area contributed by atoms with E-state index in [9.17, 15) is 4.79 Å². The minimum Gasteiger partial charge on any atom is -0.388 e. The molecule has 6 nitrogen and oxygen atoms in total. The van der Waals surface area contributed by atoms with Crippen molar-refractivity contribution in [3.63, 3.8) is 0 Å². The second kappa shape index (κ2) is 7.50. The number of methoxy groups -OCH3 is 1. The van der Waals surface area contributed by atoms with Gasteiger partial charge >= 0.3 is 0 Å². The first-order chi connectivity index (χ1) is 13.2. The summed E-state index contributed by atoms with van der Waals surface area (Å²) in [5.74, 6) is 0.651. The van der Waals surface area contributed by atoms with Crippen LogP contribution in [0.1, 0.15) is 22.3 Å². The number of imidazole rings is 1. The number of anilines is 2. The molecule has 6 heteroatoms. The number of ketones is 1. The van der Waals surface area contributed by atoms with E-state index in [1.54, 1.807) is 13.2 Å². The highest BCUT2D eigenvalue weighted by molar-refractivity contribution is 5.97. The van der Waals surface area contributed by atoms with Crippen LogP contribution in [0.25, 0.3) is 11.0 Å². The van der Waals surface area contributed by atoms with Gasteiger partial charge in [0.15, 0.2) is 5.78 Å². The molecule has 0 amide bonds. The molecule has 1 N–H and O–H groups in total. The van der Waals surface area contributed by atoms with Crippen molar-refractivity contribution in [2.24, 2.45) is 0 Å². The number of aryl methyl sites for hydroxylation is 1. The summed E-state index contributed by atoms with van der Waals surface area (Å²) in [5, 5.41) is 9.14. The molecular weight excluding hydrogens is 342 g/mol. The number of aliphatic hydroxyl groups excluding tert-OH is 1. The summed E-state index contributed by atoms with van der Waals surface area (Å²) in [7, 11) is 1.70. The highest BCUT2D eigenvalue weighted by Gasteiger charge is 2.24. The lowest BCUT2D eigenvalue weighted by molar-refractivity contribution is 0.0903. The maximum atomic E-state index is 11.8. The highest BCUT2D eigenvalue weighted by atomic mass is 16.5. The third kappa shape index (κ3) is 3.22. The number of para-hydroxylation sites is 2. The average Bonchev–Trinajstić information content (AvgIpc) is 3.09. The predicted octanol–water partition coefficient (Wildman–Crippen LogP) is 2.94. The zero-order valence-electron chi connectivity index (χ0n) is 15.4. The normalized spacial score (nSPS) is 13.8. The molecule has 27 heavy (non-hydrogen) atoms. The van der Waals surface area contributed by atoms with Crippen molar-refractivity contribution >= 4 is 28.5 Å². The van der Waals surface area contributed by atoms with Crippen molar-refractivity contribution in [1.82, 2.24) is 9.55 Å². The van der Waals surface area contributed by atoms with Gasteiger partial charge in [-0.1, -0.05) is 12.1 Å². The zero-order valence-corrected chi connectivity index (χ0v) is 15.4. The van der Waals surface area contributed by atoms with Crippen LogP contribution in [0.4, 0.5) is 11.6 Å². The second-order valence-electron chi connectivity index (χ2n) is 6.72. The summed E-state index contributed by atoms with van der Waals surface area (Å²) in [5.41, 5.74) is 4.80. The van der Waals surface area contributed by atoms with Crippen molar-refractivity contribution in [2.75, 3.05) is 31.8 Å². The smallest absolute Gasteiger partial charge is 0.211 e. The number of carbonyl (C=O) groups excluding carboxylic acids is 1. The molecule has 0 spiro atoms. The number of aliphatic hydroxyl groups is 1. The molecule has 0 saturated heterocycles. The number of hydrogen-bond donors (Lipinski definition) is 1. The molecule has 1 aliphatic heterocycles. The van der Waals surface area contributed by atoms with Crippen LogP contribution in [-0.4, -0.2) is 47.3 Å². The average molecular weight is 365 g/mol. The number of nitrogens with zero attached hydrogens (tertiary/aromatic N) is 3. The van der Waals surface area contributed by atoms with Crippen LogP contribution in [0.5, 0.6) is 0 Å². The Labute approximate surface area is 158 Å². The molecule has 0 bridgehead atoms. The van der Waals surface area contributed by atoms with Gasteiger partial charge in [-0.2, -0.15) is 0 Å². The summed E-state index contributed by atoms with van der Waals surface area (Å²) in [6, 6.07) is 13.8. The lowest BCUT2D eigenvalue weighted by Crippen LogP contribution is -2.28. The standard InChI is InChI=1S/C21H23N3O3/c1-27-12-11-24-19-7-3-2-6-17(19)22-21(24)23-10-4-5-15-13-16(20(26)14-25)8-9-18(15)23/h2-3,6-9,13,25H,4-5,10-12,14H2,1H3. The van der Waals surface area contributed by atoms with E-state index in [0.717, 1.165) is 54.2 Å². The Balaban J connectivity index is 1.80. The van der Waals surface area contributed by atoms with E-state index in [1.165, 1.54) is 0 Å². The number of Topliss-reactive ketones (excluding diaryl/α,β-unsaturated/α-hetero) is 1. The number of hydrogen-bond acceptors (Lipinski definition) is 5. The van der Waals surface area contributed by atoms with Gasteiger partial charge in [-0.3, -0.25) is 4.79 Å². The van der Waals surface area contributed by atoms with Crippen LogP contribution >= 0.6 is 0 Å². The fourth-order valence-corrected chi connectivity index (χ4v) is 3.74. The fraction of sp³-hybridized carbons (Fsp3) is 0.333. The minimum absolute atomic E-state index is 0.248. The van der Waals surface area contributed by atoms with Crippen LogP contribution in [0, 0.1) is 0 Å². The fourth-order valence-electron chi connectivity index (χ4n) is 3.74. The molecule has 0 radical (unpaired) electrons. The van der Waals surface area contributed by atoms with Crippen LogP contribution in [0.2, 0.25) is 0 Å². The van der Waals surface area contributed by atoms with Gasteiger partial charge in [0.05, 0.1) is 17.6 Å². The van der Waals surface area contributed by atoms with Crippen LogP contribution in [-0.2, 0) is 17.7 Å².